The van der Waals surface area contributed by atoms with E-state index in [-0.39, 0.29) is 5.82 Å². The molecule has 14 heavy (non-hydrogen) atoms. The summed E-state index contributed by atoms with van der Waals surface area (Å²) in [6, 6.07) is 4.73. The number of hydrogen-bond donors (Lipinski definition) is 1. The zero-order valence-electron chi connectivity index (χ0n) is 7.63. The van der Waals surface area contributed by atoms with E-state index in [9.17, 15) is 4.39 Å². The van der Waals surface area contributed by atoms with Gasteiger partial charge in [0, 0.05) is 24.5 Å². The second-order valence-electron chi connectivity index (χ2n) is 3.51. The standard InChI is InChI=1S/C10H10FN3/c11-7-2-3-8-9(6-7)13-14-5-1-4-12-10(8)14/h2-3,6,12H,1,4-5H2. The highest BCUT2D eigenvalue weighted by Crippen LogP contribution is 2.26. The van der Waals surface area contributed by atoms with Crippen molar-refractivity contribution in [2.24, 2.45) is 0 Å². The van der Waals surface area contributed by atoms with Crippen molar-refractivity contribution in [3.8, 4) is 0 Å². The Morgan fingerprint density at radius 3 is 3.29 bits per heavy atom. The fourth-order valence-electron chi connectivity index (χ4n) is 1.89. The van der Waals surface area contributed by atoms with Crippen LogP contribution in [0.4, 0.5) is 10.2 Å². The number of nitrogens with zero attached hydrogens (tertiary/aromatic N) is 2. The first-order valence-corrected chi connectivity index (χ1v) is 4.74. The number of fused-ring (bicyclic) bond motifs is 3. The van der Waals surface area contributed by atoms with Gasteiger partial charge in [-0.2, -0.15) is 5.10 Å². The van der Waals surface area contributed by atoms with E-state index in [1.54, 1.807) is 6.07 Å². The van der Waals surface area contributed by atoms with Crippen molar-refractivity contribution < 1.29 is 4.39 Å². The van der Waals surface area contributed by atoms with Gasteiger partial charge in [-0.1, -0.05) is 0 Å². The summed E-state index contributed by atoms with van der Waals surface area (Å²) >= 11 is 0. The summed E-state index contributed by atoms with van der Waals surface area (Å²) < 4.78 is 14.8. The molecule has 0 amide bonds. The van der Waals surface area contributed by atoms with Crippen LogP contribution in [0.25, 0.3) is 10.9 Å². The molecule has 2 heterocycles. The average Bonchev–Trinajstić information content (AvgIpc) is 2.54. The SMILES string of the molecule is Fc1ccc2c3n(nc2c1)CCCN3. The molecule has 72 valence electrons. The Bertz CT molecular complexity index is 489. The molecule has 0 aliphatic carbocycles. The summed E-state index contributed by atoms with van der Waals surface area (Å²) in [6.07, 6.45) is 1.07. The van der Waals surface area contributed by atoms with Crippen LogP contribution in [0.1, 0.15) is 6.42 Å². The molecule has 1 aromatic carbocycles. The maximum Gasteiger partial charge on any atom is 0.132 e. The topological polar surface area (TPSA) is 29.9 Å². The van der Waals surface area contributed by atoms with E-state index in [2.05, 4.69) is 10.4 Å². The first-order chi connectivity index (χ1) is 6.84. The fourth-order valence-corrected chi connectivity index (χ4v) is 1.89. The first-order valence-electron chi connectivity index (χ1n) is 4.74. The first kappa shape index (κ1) is 7.79. The van der Waals surface area contributed by atoms with Crippen LogP contribution >= 0.6 is 0 Å². The van der Waals surface area contributed by atoms with Crippen LogP contribution in [-0.4, -0.2) is 16.3 Å². The van der Waals surface area contributed by atoms with Gasteiger partial charge in [0.05, 0.1) is 5.52 Å². The van der Waals surface area contributed by atoms with E-state index < -0.39 is 0 Å². The van der Waals surface area contributed by atoms with Gasteiger partial charge in [0.15, 0.2) is 0 Å². The lowest BCUT2D eigenvalue weighted by molar-refractivity contribution is 0.572. The monoisotopic (exact) mass is 191 g/mol. The third-order valence-electron chi connectivity index (χ3n) is 2.54. The fraction of sp³-hybridized carbons (Fsp3) is 0.300. The molecule has 0 saturated heterocycles. The molecule has 2 aromatic rings. The van der Waals surface area contributed by atoms with Crippen molar-refractivity contribution in [2.45, 2.75) is 13.0 Å². The van der Waals surface area contributed by atoms with E-state index in [1.165, 1.54) is 12.1 Å². The molecule has 0 bridgehead atoms. The minimum Gasteiger partial charge on any atom is -0.370 e. The molecule has 0 fully saturated rings. The molecule has 4 heteroatoms. The Labute approximate surface area is 80.5 Å². The van der Waals surface area contributed by atoms with Crippen LogP contribution in [0.3, 0.4) is 0 Å². The van der Waals surface area contributed by atoms with E-state index in [0.29, 0.717) is 0 Å². The van der Waals surface area contributed by atoms with Gasteiger partial charge in [-0.3, -0.25) is 0 Å². The molecule has 0 unspecified atom stereocenters. The highest BCUT2D eigenvalue weighted by molar-refractivity contribution is 5.90. The van der Waals surface area contributed by atoms with E-state index >= 15 is 0 Å². The van der Waals surface area contributed by atoms with Gasteiger partial charge >= 0.3 is 0 Å². The summed E-state index contributed by atoms with van der Waals surface area (Å²) in [7, 11) is 0. The molecule has 0 spiro atoms. The second kappa shape index (κ2) is 2.70. The lowest BCUT2D eigenvalue weighted by Crippen LogP contribution is -2.17. The normalized spacial score (nSPS) is 15.2. The van der Waals surface area contributed by atoms with Crippen LogP contribution in [0, 0.1) is 5.82 Å². The predicted molar refractivity (Wildman–Crippen MR) is 52.8 cm³/mol. The molecule has 1 aliphatic heterocycles. The van der Waals surface area contributed by atoms with Crippen molar-refractivity contribution in [3.05, 3.63) is 24.0 Å². The van der Waals surface area contributed by atoms with E-state index in [4.69, 9.17) is 0 Å². The summed E-state index contributed by atoms with van der Waals surface area (Å²) in [5, 5.41) is 8.62. The van der Waals surface area contributed by atoms with Gasteiger partial charge < -0.3 is 5.32 Å². The number of nitrogens with one attached hydrogen (secondary N) is 1. The zero-order chi connectivity index (χ0) is 9.54. The maximum atomic E-state index is 12.9. The molecular weight excluding hydrogens is 181 g/mol. The number of benzene rings is 1. The molecule has 0 saturated carbocycles. The van der Waals surface area contributed by atoms with Crippen molar-refractivity contribution in [1.82, 2.24) is 9.78 Å². The van der Waals surface area contributed by atoms with Gasteiger partial charge in [0.25, 0.3) is 0 Å². The Balaban J connectivity index is 2.31. The van der Waals surface area contributed by atoms with Crippen molar-refractivity contribution in [1.29, 1.82) is 0 Å². The van der Waals surface area contributed by atoms with Crippen LogP contribution in [0.2, 0.25) is 0 Å². The van der Waals surface area contributed by atoms with Crippen molar-refractivity contribution in [3.63, 3.8) is 0 Å². The summed E-state index contributed by atoms with van der Waals surface area (Å²) in [4.78, 5) is 0. The van der Waals surface area contributed by atoms with Crippen LogP contribution in [-0.2, 0) is 6.54 Å². The summed E-state index contributed by atoms with van der Waals surface area (Å²) in [6.45, 7) is 1.89. The number of anilines is 1. The Morgan fingerprint density at radius 1 is 1.43 bits per heavy atom. The molecule has 1 aromatic heterocycles. The van der Waals surface area contributed by atoms with Crippen LogP contribution < -0.4 is 5.32 Å². The van der Waals surface area contributed by atoms with E-state index in [1.807, 2.05) is 4.68 Å². The zero-order valence-corrected chi connectivity index (χ0v) is 7.63. The highest BCUT2D eigenvalue weighted by atomic mass is 19.1. The smallest absolute Gasteiger partial charge is 0.132 e. The van der Waals surface area contributed by atoms with Crippen molar-refractivity contribution in [2.75, 3.05) is 11.9 Å². The predicted octanol–water partition coefficient (Wildman–Crippen LogP) is 1.99. The summed E-state index contributed by atoms with van der Waals surface area (Å²) in [5.41, 5.74) is 0.731. The molecule has 0 atom stereocenters. The summed E-state index contributed by atoms with van der Waals surface area (Å²) in [5.74, 6) is 0.791. The second-order valence-corrected chi connectivity index (χ2v) is 3.51. The van der Waals surface area contributed by atoms with Crippen LogP contribution in [0.15, 0.2) is 18.2 Å². The van der Waals surface area contributed by atoms with Gasteiger partial charge in [-0.15, -0.1) is 0 Å². The highest BCUT2D eigenvalue weighted by Gasteiger charge is 2.14. The number of hydrogen-bond acceptors (Lipinski definition) is 2. The largest absolute Gasteiger partial charge is 0.370 e. The molecule has 3 rings (SSSR count). The Morgan fingerprint density at radius 2 is 2.36 bits per heavy atom. The number of rotatable bonds is 0. The third-order valence-corrected chi connectivity index (χ3v) is 2.54. The number of aryl methyl sites for hydroxylation is 1. The van der Waals surface area contributed by atoms with E-state index in [0.717, 1.165) is 36.2 Å². The average molecular weight is 191 g/mol. The van der Waals surface area contributed by atoms with Gasteiger partial charge in [0.2, 0.25) is 0 Å². The molecule has 3 nitrogen and oxygen atoms in total. The third kappa shape index (κ3) is 0.999. The number of halogens is 1. The molecule has 0 radical (unpaired) electrons. The number of aromatic nitrogens is 2. The molecular formula is C10H10FN3. The maximum absolute atomic E-state index is 12.9. The Hall–Kier alpha value is -1.58. The molecule has 1 aliphatic rings. The minimum atomic E-state index is -0.229. The van der Waals surface area contributed by atoms with Gasteiger partial charge in [0.1, 0.15) is 11.6 Å². The lowest BCUT2D eigenvalue weighted by atomic mass is 10.2. The molecule has 1 N–H and O–H groups in total. The van der Waals surface area contributed by atoms with Crippen molar-refractivity contribution >= 4 is 16.7 Å². The van der Waals surface area contributed by atoms with Gasteiger partial charge in [-0.05, 0) is 18.6 Å². The van der Waals surface area contributed by atoms with Gasteiger partial charge in [-0.25, -0.2) is 9.07 Å². The van der Waals surface area contributed by atoms with Crippen LogP contribution in [0.5, 0.6) is 0 Å². The Kier molecular flexibility index (Phi) is 1.50. The lowest BCUT2D eigenvalue weighted by Gasteiger charge is -2.15. The quantitative estimate of drug-likeness (QED) is 0.690. The minimum absolute atomic E-state index is 0.229.